The third-order valence-corrected chi connectivity index (χ3v) is 3.38. The van der Waals surface area contributed by atoms with Gasteiger partial charge in [-0.1, -0.05) is 12.2 Å². The average molecular weight is 266 g/mol. The van der Waals surface area contributed by atoms with Crippen LogP contribution in [-0.2, 0) is 4.74 Å². The van der Waals surface area contributed by atoms with Crippen molar-refractivity contribution in [2.75, 3.05) is 25.7 Å². The van der Waals surface area contributed by atoms with E-state index in [1.807, 2.05) is 0 Å². The van der Waals surface area contributed by atoms with E-state index in [4.69, 9.17) is 22.7 Å². The fourth-order valence-corrected chi connectivity index (χ4v) is 1.93. The number of anilines is 1. The van der Waals surface area contributed by atoms with Gasteiger partial charge in [-0.25, -0.2) is 4.79 Å². The highest BCUT2D eigenvalue weighted by Crippen LogP contribution is 2.31. The van der Waals surface area contributed by atoms with Crippen LogP contribution in [-0.4, -0.2) is 37.8 Å². The number of ether oxygens (including phenoxy) is 2. The number of benzene rings is 1. The molecule has 18 heavy (non-hydrogen) atoms. The van der Waals surface area contributed by atoms with Crippen LogP contribution in [0.4, 0.5) is 5.69 Å². The molecule has 2 rings (SSSR count). The Hall–Kier alpha value is -1.66. The molecule has 0 saturated heterocycles. The van der Waals surface area contributed by atoms with Crippen LogP contribution >= 0.6 is 12.2 Å². The summed E-state index contributed by atoms with van der Waals surface area (Å²) in [6.45, 7) is 0.327. The third-order valence-electron chi connectivity index (χ3n) is 2.81. The topological polar surface area (TPSA) is 64.8 Å². The van der Waals surface area contributed by atoms with Crippen molar-refractivity contribution in [2.24, 2.45) is 5.73 Å². The molecular formula is C12H14N2O3S. The largest absolute Gasteiger partial charge is 0.489 e. The number of carbonyl (C=O) groups excluding carboxylic acids is 1. The highest BCUT2D eigenvalue weighted by molar-refractivity contribution is 7.80. The van der Waals surface area contributed by atoms with Gasteiger partial charge >= 0.3 is 5.97 Å². The molecule has 0 saturated carbocycles. The number of nitrogens with two attached hydrogens (primary N) is 1. The minimum Gasteiger partial charge on any atom is -0.489 e. The second-order valence-electron chi connectivity index (χ2n) is 3.99. The molecule has 1 aromatic rings. The zero-order chi connectivity index (χ0) is 13.3. The van der Waals surface area contributed by atoms with Crippen molar-refractivity contribution in [3.8, 4) is 5.75 Å². The average Bonchev–Trinajstić information content (AvgIpc) is 2.50. The maximum atomic E-state index is 11.5. The van der Waals surface area contributed by atoms with E-state index >= 15 is 0 Å². The third kappa shape index (κ3) is 2.16. The first-order valence-electron chi connectivity index (χ1n) is 5.43. The molecule has 6 heteroatoms. The summed E-state index contributed by atoms with van der Waals surface area (Å²) < 4.78 is 10.2. The Balaban J connectivity index is 2.45. The maximum Gasteiger partial charge on any atom is 0.337 e. The first-order valence-corrected chi connectivity index (χ1v) is 5.83. The lowest BCUT2D eigenvalue weighted by atomic mass is 10.1. The predicted molar refractivity (Wildman–Crippen MR) is 72.3 cm³/mol. The van der Waals surface area contributed by atoms with Gasteiger partial charge in [0.2, 0.25) is 0 Å². The lowest BCUT2D eigenvalue weighted by Crippen LogP contribution is -2.42. The van der Waals surface area contributed by atoms with Crippen LogP contribution in [0.5, 0.6) is 5.75 Å². The summed E-state index contributed by atoms with van der Waals surface area (Å²) in [6.07, 6.45) is 0. The Bertz CT molecular complexity index is 504. The summed E-state index contributed by atoms with van der Waals surface area (Å²) >= 11 is 5.26. The molecule has 5 nitrogen and oxygen atoms in total. The van der Waals surface area contributed by atoms with Gasteiger partial charge in [0.25, 0.3) is 0 Å². The van der Waals surface area contributed by atoms with Crippen molar-refractivity contribution in [1.29, 1.82) is 0 Å². The number of fused-ring (bicyclic) bond motifs is 1. The maximum absolute atomic E-state index is 11.5. The molecule has 2 N–H and O–H groups in total. The normalized spacial score (nSPS) is 18.7. The standard InChI is InChI=1S/C12H14N2O3S/c1-14-9-5-7(12(15)16-2)3-4-10(9)17-6-8(13)11(14)18/h3-5,8H,6,13H2,1-2H3/t8-/m0/s1. The van der Waals surface area contributed by atoms with Gasteiger partial charge in [-0.3, -0.25) is 0 Å². The second kappa shape index (κ2) is 4.91. The van der Waals surface area contributed by atoms with Crippen molar-refractivity contribution in [3.63, 3.8) is 0 Å². The van der Waals surface area contributed by atoms with Gasteiger partial charge in [-0.15, -0.1) is 0 Å². The summed E-state index contributed by atoms with van der Waals surface area (Å²) in [5.74, 6) is 0.256. The highest BCUT2D eigenvalue weighted by atomic mass is 32.1. The van der Waals surface area contributed by atoms with Crippen molar-refractivity contribution < 1.29 is 14.3 Å². The van der Waals surface area contributed by atoms with Crippen LogP contribution in [0.25, 0.3) is 0 Å². The summed E-state index contributed by atoms with van der Waals surface area (Å²) in [5.41, 5.74) is 7.04. The molecule has 0 bridgehead atoms. The van der Waals surface area contributed by atoms with Crippen molar-refractivity contribution in [2.45, 2.75) is 6.04 Å². The molecule has 1 aliphatic rings. The van der Waals surface area contributed by atoms with Gasteiger partial charge in [0.05, 0.1) is 24.4 Å². The Morgan fingerprint density at radius 1 is 1.61 bits per heavy atom. The van der Waals surface area contributed by atoms with Crippen LogP contribution in [0.2, 0.25) is 0 Å². The van der Waals surface area contributed by atoms with Crippen molar-refractivity contribution in [3.05, 3.63) is 23.8 Å². The summed E-state index contributed by atoms with van der Waals surface area (Å²) in [5, 5.41) is 0. The van der Waals surface area contributed by atoms with E-state index in [9.17, 15) is 4.79 Å². The van der Waals surface area contributed by atoms with Crippen LogP contribution in [0.3, 0.4) is 0 Å². The van der Waals surface area contributed by atoms with Crippen LogP contribution < -0.4 is 15.4 Å². The zero-order valence-corrected chi connectivity index (χ0v) is 11.0. The summed E-state index contributed by atoms with van der Waals surface area (Å²) in [6, 6.07) is 4.72. The number of likely N-dealkylation sites (N-methyl/N-ethyl adjacent to an activating group) is 1. The molecule has 0 aromatic heterocycles. The molecule has 1 heterocycles. The number of esters is 1. The first kappa shape index (κ1) is 12.8. The van der Waals surface area contributed by atoms with Gasteiger partial charge < -0.3 is 20.1 Å². The van der Waals surface area contributed by atoms with Crippen molar-refractivity contribution >= 4 is 28.9 Å². The molecule has 0 amide bonds. The predicted octanol–water partition coefficient (Wildman–Crippen LogP) is 0.957. The molecule has 1 aliphatic heterocycles. The summed E-state index contributed by atoms with van der Waals surface area (Å²) in [7, 11) is 3.14. The van der Waals surface area contributed by atoms with Crippen LogP contribution in [0.1, 0.15) is 10.4 Å². The van der Waals surface area contributed by atoms with E-state index in [2.05, 4.69) is 4.74 Å². The van der Waals surface area contributed by atoms with Gasteiger partial charge in [0, 0.05) is 7.05 Å². The zero-order valence-electron chi connectivity index (χ0n) is 10.2. The Labute approximate surface area is 110 Å². The lowest BCUT2D eigenvalue weighted by Gasteiger charge is -2.20. The van der Waals surface area contributed by atoms with Gasteiger partial charge in [0.15, 0.2) is 0 Å². The number of nitrogens with zero attached hydrogens (tertiary/aromatic N) is 1. The Kier molecular flexibility index (Phi) is 3.49. The molecule has 1 aromatic carbocycles. The first-order chi connectivity index (χ1) is 8.54. The minimum absolute atomic E-state index is 0.327. The second-order valence-corrected chi connectivity index (χ2v) is 4.41. The molecule has 0 aliphatic carbocycles. The van der Waals surface area contributed by atoms with Crippen molar-refractivity contribution in [1.82, 2.24) is 0 Å². The monoisotopic (exact) mass is 266 g/mol. The van der Waals surface area contributed by atoms with Gasteiger partial charge in [-0.05, 0) is 18.2 Å². The SMILES string of the molecule is COC(=O)c1ccc2c(c1)N(C)C(=S)[C@@H](N)CO2. The number of rotatable bonds is 1. The van der Waals surface area contributed by atoms with E-state index in [0.29, 0.717) is 22.9 Å². The van der Waals surface area contributed by atoms with Gasteiger partial charge in [-0.2, -0.15) is 0 Å². The molecule has 1 atom stereocenters. The smallest absolute Gasteiger partial charge is 0.337 e. The molecule has 0 spiro atoms. The van der Waals surface area contributed by atoms with E-state index in [-0.39, 0.29) is 6.04 Å². The molecule has 96 valence electrons. The molecule has 0 fully saturated rings. The van der Waals surface area contributed by atoms with Crippen LogP contribution in [0.15, 0.2) is 18.2 Å². The van der Waals surface area contributed by atoms with Crippen LogP contribution in [0, 0.1) is 0 Å². The number of hydrogen-bond acceptors (Lipinski definition) is 5. The fraction of sp³-hybridized carbons (Fsp3) is 0.333. The van der Waals surface area contributed by atoms with E-state index < -0.39 is 5.97 Å². The number of methoxy groups -OCH3 is 1. The number of thiocarbonyl (C=S) groups is 1. The molecular weight excluding hydrogens is 252 g/mol. The van der Waals surface area contributed by atoms with Gasteiger partial charge in [0.1, 0.15) is 17.3 Å². The quantitative estimate of drug-likeness (QED) is 0.603. The summed E-state index contributed by atoms with van der Waals surface area (Å²) in [4.78, 5) is 13.8. The minimum atomic E-state index is -0.398. The highest BCUT2D eigenvalue weighted by Gasteiger charge is 2.24. The Morgan fingerprint density at radius 3 is 3.00 bits per heavy atom. The molecule has 0 radical (unpaired) electrons. The Morgan fingerprint density at radius 2 is 2.33 bits per heavy atom. The fourth-order valence-electron chi connectivity index (χ4n) is 1.76. The number of carbonyl (C=O) groups is 1. The molecule has 0 unspecified atom stereocenters. The van der Waals surface area contributed by atoms with E-state index in [0.717, 1.165) is 5.69 Å². The lowest BCUT2D eigenvalue weighted by molar-refractivity contribution is 0.0601. The van der Waals surface area contributed by atoms with E-state index in [1.165, 1.54) is 7.11 Å². The number of hydrogen-bond donors (Lipinski definition) is 1. The van der Waals surface area contributed by atoms with E-state index in [1.54, 1.807) is 30.1 Å².